The predicted octanol–water partition coefficient (Wildman–Crippen LogP) is 6.66. The number of benzene rings is 1. The number of ether oxygens (including phenoxy) is 1. The van der Waals surface area contributed by atoms with Crippen molar-refractivity contribution in [3.8, 4) is 11.4 Å². The Kier molecular flexibility index (Phi) is 11.4. The molecule has 9 heteroatoms. The van der Waals surface area contributed by atoms with Gasteiger partial charge in [-0.3, -0.25) is 5.32 Å². The Morgan fingerprint density at radius 2 is 1.82 bits per heavy atom. The summed E-state index contributed by atoms with van der Waals surface area (Å²) in [5.41, 5.74) is 1.52. The Bertz CT molecular complexity index is 1090. The predicted molar refractivity (Wildman–Crippen MR) is 150 cm³/mol. The number of nitrogens with one attached hydrogen (secondary N) is 1. The fourth-order valence-electron chi connectivity index (χ4n) is 4.75. The molecule has 1 aromatic carbocycles. The molecule has 1 amide bonds. The summed E-state index contributed by atoms with van der Waals surface area (Å²) in [5, 5.41) is 16.2. The van der Waals surface area contributed by atoms with Crippen molar-refractivity contribution < 1.29 is 24.0 Å². The minimum atomic E-state index is -1.15. The van der Waals surface area contributed by atoms with E-state index >= 15 is 0 Å². The molecule has 39 heavy (non-hydrogen) atoms. The van der Waals surface area contributed by atoms with Crippen molar-refractivity contribution in [3.05, 3.63) is 47.6 Å². The lowest BCUT2D eigenvalue weighted by molar-refractivity contribution is -0.131. The Morgan fingerprint density at radius 3 is 2.49 bits per heavy atom. The molecule has 214 valence electrons. The van der Waals surface area contributed by atoms with Crippen LogP contribution in [0.15, 0.2) is 40.7 Å². The second-order valence-corrected chi connectivity index (χ2v) is 11.3. The number of carboxylic acid groups (broad SMARTS) is 1. The highest BCUT2D eigenvalue weighted by Crippen LogP contribution is 2.29. The number of aryl methyl sites for hydroxylation is 1. The van der Waals surface area contributed by atoms with Crippen LogP contribution in [0.25, 0.3) is 11.4 Å². The third kappa shape index (κ3) is 10.4. The molecule has 2 heterocycles. The summed E-state index contributed by atoms with van der Waals surface area (Å²) < 4.78 is 10.9. The lowest BCUT2D eigenvalue weighted by Gasteiger charge is -2.34. The summed E-state index contributed by atoms with van der Waals surface area (Å²) in [5.74, 6) is -0.0165. The van der Waals surface area contributed by atoms with Crippen LogP contribution in [-0.4, -0.2) is 50.9 Å². The van der Waals surface area contributed by atoms with E-state index < -0.39 is 17.7 Å². The van der Waals surface area contributed by atoms with Crippen LogP contribution in [0.2, 0.25) is 0 Å². The number of alkyl carbamates (subject to hydrolysis) is 1. The van der Waals surface area contributed by atoms with Crippen molar-refractivity contribution in [1.29, 1.82) is 0 Å². The highest BCUT2D eigenvalue weighted by molar-refractivity contribution is 5.82. The molecule has 1 atom stereocenters. The molecule has 1 fully saturated rings. The van der Waals surface area contributed by atoms with Gasteiger partial charge < -0.3 is 19.3 Å². The van der Waals surface area contributed by atoms with E-state index in [9.17, 15) is 14.7 Å². The largest absolute Gasteiger partial charge is 0.478 e. The third-order valence-corrected chi connectivity index (χ3v) is 6.72. The Balaban J connectivity index is 1.57. The molecule has 9 nitrogen and oxygen atoms in total. The number of carboxylic acids is 1. The van der Waals surface area contributed by atoms with Gasteiger partial charge in [0.15, 0.2) is 0 Å². The standard InChI is InChI=1S/C30H44N4O5/c1-5-6-7-8-9-10-11-13-22-15-17-23(18-16-22)27-32-28(39-33-27)24-14-12-19-34(21-24)25(20-26(35)36)31-29(37)38-30(2,3)4/h15-18,20,24H,5-14,19,21H2,1-4H3,(H,31,37)(H,35,36). The van der Waals surface area contributed by atoms with Gasteiger partial charge in [-0.05, 0) is 52.0 Å². The van der Waals surface area contributed by atoms with Gasteiger partial charge in [0, 0.05) is 18.7 Å². The number of hydrogen-bond acceptors (Lipinski definition) is 7. The van der Waals surface area contributed by atoms with Crippen LogP contribution in [0, 0.1) is 0 Å². The monoisotopic (exact) mass is 540 g/mol. The normalized spacial score (nSPS) is 16.3. The SMILES string of the molecule is CCCCCCCCCc1ccc(-c2noc(C3CCCN(C(=CC(=O)O)NC(=O)OC(C)(C)C)C3)n2)cc1. The molecule has 2 N–H and O–H groups in total. The average Bonchev–Trinajstić information content (AvgIpc) is 3.37. The highest BCUT2D eigenvalue weighted by atomic mass is 16.6. The molecule has 1 unspecified atom stereocenters. The van der Waals surface area contributed by atoms with Crippen molar-refractivity contribution >= 4 is 12.1 Å². The van der Waals surface area contributed by atoms with Gasteiger partial charge in [0.1, 0.15) is 11.4 Å². The fourth-order valence-corrected chi connectivity index (χ4v) is 4.75. The maximum atomic E-state index is 12.3. The summed E-state index contributed by atoms with van der Waals surface area (Å²) >= 11 is 0. The zero-order valence-electron chi connectivity index (χ0n) is 23.9. The van der Waals surface area contributed by atoms with Crippen LogP contribution in [0.4, 0.5) is 4.79 Å². The van der Waals surface area contributed by atoms with Crippen molar-refractivity contribution in [2.45, 2.75) is 103 Å². The van der Waals surface area contributed by atoms with E-state index in [2.05, 4.69) is 34.5 Å². The molecule has 1 aromatic heterocycles. The number of likely N-dealkylation sites (tertiary alicyclic amines) is 1. The first-order valence-corrected chi connectivity index (χ1v) is 14.3. The Labute approximate surface area is 232 Å². The number of hydrogen-bond donors (Lipinski definition) is 2. The first-order chi connectivity index (χ1) is 18.6. The fraction of sp³-hybridized carbons (Fsp3) is 0.600. The van der Waals surface area contributed by atoms with Crippen LogP contribution in [0.5, 0.6) is 0 Å². The summed E-state index contributed by atoms with van der Waals surface area (Å²) in [6, 6.07) is 8.35. The topological polar surface area (TPSA) is 118 Å². The van der Waals surface area contributed by atoms with Crippen molar-refractivity contribution in [2.24, 2.45) is 0 Å². The molecule has 0 bridgehead atoms. The Hall–Kier alpha value is -3.36. The van der Waals surface area contributed by atoms with E-state index in [-0.39, 0.29) is 11.7 Å². The average molecular weight is 541 g/mol. The molecule has 2 aromatic rings. The minimum absolute atomic E-state index is 0.0887. The zero-order chi connectivity index (χ0) is 28.3. The summed E-state index contributed by atoms with van der Waals surface area (Å²) in [7, 11) is 0. The van der Waals surface area contributed by atoms with E-state index in [1.54, 1.807) is 20.8 Å². The number of aliphatic carboxylic acids is 1. The minimum Gasteiger partial charge on any atom is -0.478 e. The van der Waals surface area contributed by atoms with Crippen LogP contribution in [-0.2, 0) is 16.0 Å². The number of aromatic nitrogens is 2. The summed E-state index contributed by atoms with van der Waals surface area (Å²) in [6.07, 6.45) is 12.1. The van der Waals surface area contributed by atoms with E-state index in [0.717, 1.165) is 30.9 Å². The van der Waals surface area contributed by atoms with Crippen LogP contribution in [0.3, 0.4) is 0 Å². The molecule has 0 saturated carbocycles. The Morgan fingerprint density at radius 1 is 1.13 bits per heavy atom. The first kappa shape index (κ1) is 30.2. The molecular weight excluding hydrogens is 496 g/mol. The quantitative estimate of drug-likeness (QED) is 0.214. The van der Waals surface area contributed by atoms with Crippen molar-refractivity contribution in [1.82, 2.24) is 20.4 Å². The van der Waals surface area contributed by atoms with Crippen molar-refractivity contribution in [3.63, 3.8) is 0 Å². The molecule has 1 aliphatic heterocycles. The second-order valence-electron chi connectivity index (χ2n) is 11.3. The van der Waals surface area contributed by atoms with Gasteiger partial charge in [-0.1, -0.05) is 74.9 Å². The number of nitrogens with zero attached hydrogens (tertiary/aromatic N) is 3. The van der Waals surface area contributed by atoms with E-state index in [4.69, 9.17) is 9.26 Å². The molecule has 0 radical (unpaired) electrons. The smallest absolute Gasteiger partial charge is 0.413 e. The second kappa shape index (κ2) is 14.7. The molecule has 0 aliphatic carbocycles. The van der Waals surface area contributed by atoms with Gasteiger partial charge in [0.25, 0.3) is 0 Å². The van der Waals surface area contributed by atoms with Gasteiger partial charge in [0.05, 0.1) is 12.0 Å². The van der Waals surface area contributed by atoms with E-state index in [1.165, 1.54) is 50.5 Å². The van der Waals surface area contributed by atoms with Gasteiger partial charge >= 0.3 is 12.1 Å². The number of carbonyl (C=O) groups excluding carboxylic acids is 1. The number of rotatable bonds is 13. The molecule has 1 saturated heterocycles. The van der Waals surface area contributed by atoms with Gasteiger partial charge in [0.2, 0.25) is 11.7 Å². The first-order valence-electron chi connectivity index (χ1n) is 14.3. The van der Waals surface area contributed by atoms with E-state index in [1.807, 2.05) is 17.0 Å². The third-order valence-electron chi connectivity index (χ3n) is 6.72. The van der Waals surface area contributed by atoms with Gasteiger partial charge in [-0.25, -0.2) is 9.59 Å². The van der Waals surface area contributed by atoms with Gasteiger partial charge in [-0.2, -0.15) is 4.98 Å². The molecule has 1 aliphatic rings. The van der Waals surface area contributed by atoms with Crippen molar-refractivity contribution in [2.75, 3.05) is 13.1 Å². The molecule has 0 spiro atoms. The summed E-state index contributed by atoms with van der Waals surface area (Å²) in [4.78, 5) is 30.2. The molecule has 3 rings (SSSR count). The highest BCUT2D eigenvalue weighted by Gasteiger charge is 2.29. The van der Waals surface area contributed by atoms with Gasteiger partial charge in [-0.15, -0.1) is 0 Å². The van der Waals surface area contributed by atoms with Crippen LogP contribution < -0.4 is 5.32 Å². The van der Waals surface area contributed by atoms with E-state index in [0.29, 0.717) is 24.8 Å². The molecular formula is C30H44N4O5. The maximum absolute atomic E-state index is 12.3. The van der Waals surface area contributed by atoms with Crippen LogP contribution in [0.1, 0.15) is 103 Å². The summed E-state index contributed by atoms with van der Waals surface area (Å²) in [6.45, 7) is 8.53. The van der Waals surface area contributed by atoms with Crippen LogP contribution >= 0.6 is 0 Å². The number of carbonyl (C=O) groups is 2. The maximum Gasteiger partial charge on any atom is 0.413 e. The zero-order valence-corrected chi connectivity index (χ0v) is 23.9. The number of unbranched alkanes of at least 4 members (excludes halogenated alkanes) is 6. The lowest BCUT2D eigenvalue weighted by Crippen LogP contribution is -2.42. The lowest BCUT2D eigenvalue weighted by atomic mass is 9.98. The number of piperidine rings is 1. The number of amides is 1.